The summed E-state index contributed by atoms with van der Waals surface area (Å²) in [4.78, 5) is 4.52. The molecule has 0 aliphatic heterocycles. The molecular formula is C15H14N2O2. The molecule has 0 fully saturated rings. The maximum absolute atomic E-state index is 9.44. The molecule has 0 saturated carbocycles. The Morgan fingerprint density at radius 3 is 2.84 bits per heavy atom. The number of benzene rings is 1. The average molecular weight is 254 g/mol. The minimum atomic E-state index is 0.230. The van der Waals surface area contributed by atoms with Gasteiger partial charge in [0.05, 0.1) is 19.0 Å². The van der Waals surface area contributed by atoms with Gasteiger partial charge in [0.2, 0.25) is 0 Å². The van der Waals surface area contributed by atoms with Crippen LogP contribution < -0.4 is 4.74 Å². The number of fused-ring (bicyclic) bond motifs is 1. The number of ether oxygens (including phenoxy) is 1. The number of pyridine rings is 1. The zero-order chi connectivity index (χ0) is 13.2. The van der Waals surface area contributed by atoms with E-state index < -0.39 is 0 Å². The van der Waals surface area contributed by atoms with E-state index in [4.69, 9.17) is 4.74 Å². The highest BCUT2D eigenvalue weighted by atomic mass is 16.5. The first kappa shape index (κ1) is 11.6. The average Bonchev–Trinajstić information content (AvgIpc) is 2.80. The molecule has 0 aliphatic rings. The normalized spacial score (nSPS) is 10.8. The van der Waals surface area contributed by atoms with E-state index in [1.54, 1.807) is 25.4 Å². The van der Waals surface area contributed by atoms with E-state index in [0.29, 0.717) is 6.42 Å². The first-order valence-electron chi connectivity index (χ1n) is 6.05. The molecule has 0 bridgehead atoms. The third kappa shape index (κ3) is 2.25. The van der Waals surface area contributed by atoms with E-state index in [0.717, 1.165) is 22.7 Å². The molecule has 0 atom stereocenters. The Balaban J connectivity index is 1.96. The highest BCUT2D eigenvalue weighted by Gasteiger charge is 2.07. The second-order valence-corrected chi connectivity index (χ2v) is 4.37. The molecule has 0 amide bonds. The van der Waals surface area contributed by atoms with E-state index in [2.05, 4.69) is 4.98 Å². The van der Waals surface area contributed by atoms with Gasteiger partial charge < -0.3 is 14.2 Å². The standard InChI is InChI=1S/C15H14N2O2/c1-19-14-5-3-2-4-11(14)8-12-9-17-10-13(18)6-7-15(17)16-12/h2-7,9-10,18H,8H2,1H3. The highest BCUT2D eigenvalue weighted by molar-refractivity contribution is 5.44. The van der Waals surface area contributed by atoms with Crippen LogP contribution in [0, 0.1) is 0 Å². The van der Waals surface area contributed by atoms with Gasteiger partial charge in [-0.3, -0.25) is 0 Å². The fraction of sp³-hybridized carbons (Fsp3) is 0.133. The largest absolute Gasteiger partial charge is 0.506 e. The van der Waals surface area contributed by atoms with Crippen molar-refractivity contribution in [2.24, 2.45) is 0 Å². The SMILES string of the molecule is COc1ccccc1Cc1cn2cc(O)ccc2n1. The summed E-state index contributed by atoms with van der Waals surface area (Å²) in [5.41, 5.74) is 2.86. The Labute approximate surface area is 110 Å². The van der Waals surface area contributed by atoms with Crippen molar-refractivity contribution in [1.82, 2.24) is 9.38 Å². The molecule has 1 aromatic carbocycles. The van der Waals surface area contributed by atoms with E-state index in [1.165, 1.54) is 0 Å². The first-order chi connectivity index (χ1) is 9.26. The second kappa shape index (κ2) is 4.65. The summed E-state index contributed by atoms with van der Waals surface area (Å²) in [6.07, 6.45) is 4.27. The van der Waals surface area contributed by atoms with Crippen molar-refractivity contribution in [3.05, 3.63) is 60.0 Å². The van der Waals surface area contributed by atoms with Crippen LogP contribution in [0.25, 0.3) is 5.65 Å². The van der Waals surface area contributed by atoms with Crippen molar-refractivity contribution in [2.75, 3.05) is 7.11 Å². The van der Waals surface area contributed by atoms with Crippen LogP contribution in [0.15, 0.2) is 48.8 Å². The van der Waals surface area contributed by atoms with Crippen LogP contribution in [-0.4, -0.2) is 21.6 Å². The van der Waals surface area contributed by atoms with E-state index in [-0.39, 0.29) is 5.75 Å². The van der Waals surface area contributed by atoms with Gasteiger partial charge in [0.1, 0.15) is 17.1 Å². The minimum Gasteiger partial charge on any atom is -0.506 e. The number of methoxy groups -OCH3 is 1. The predicted octanol–water partition coefficient (Wildman–Crippen LogP) is 2.64. The number of para-hydroxylation sites is 1. The van der Waals surface area contributed by atoms with Gasteiger partial charge in [-0.25, -0.2) is 4.98 Å². The van der Waals surface area contributed by atoms with Crippen LogP contribution in [0.2, 0.25) is 0 Å². The van der Waals surface area contributed by atoms with Gasteiger partial charge in [0, 0.05) is 18.2 Å². The molecule has 2 aromatic heterocycles. The van der Waals surface area contributed by atoms with Crippen LogP contribution in [0.3, 0.4) is 0 Å². The van der Waals surface area contributed by atoms with Gasteiger partial charge in [0.25, 0.3) is 0 Å². The van der Waals surface area contributed by atoms with Crippen LogP contribution in [0.1, 0.15) is 11.3 Å². The summed E-state index contributed by atoms with van der Waals surface area (Å²) >= 11 is 0. The quantitative estimate of drug-likeness (QED) is 0.781. The zero-order valence-corrected chi connectivity index (χ0v) is 10.6. The lowest BCUT2D eigenvalue weighted by Gasteiger charge is -2.05. The third-order valence-electron chi connectivity index (χ3n) is 3.05. The monoisotopic (exact) mass is 254 g/mol. The molecule has 4 heteroatoms. The molecule has 3 aromatic rings. The number of aromatic hydroxyl groups is 1. The number of hydrogen-bond donors (Lipinski definition) is 1. The molecule has 0 radical (unpaired) electrons. The number of rotatable bonds is 3. The van der Waals surface area contributed by atoms with Crippen LogP contribution >= 0.6 is 0 Å². The van der Waals surface area contributed by atoms with Gasteiger partial charge in [-0.15, -0.1) is 0 Å². The Kier molecular flexibility index (Phi) is 2.83. The highest BCUT2D eigenvalue weighted by Crippen LogP contribution is 2.21. The molecule has 0 saturated heterocycles. The summed E-state index contributed by atoms with van der Waals surface area (Å²) in [5, 5.41) is 9.44. The van der Waals surface area contributed by atoms with Crippen molar-refractivity contribution >= 4 is 5.65 Å². The van der Waals surface area contributed by atoms with Crippen LogP contribution in [-0.2, 0) is 6.42 Å². The molecule has 4 nitrogen and oxygen atoms in total. The molecule has 2 heterocycles. The third-order valence-corrected chi connectivity index (χ3v) is 3.05. The Morgan fingerprint density at radius 1 is 1.16 bits per heavy atom. The Hall–Kier alpha value is -2.49. The molecule has 0 spiro atoms. The van der Waals surface area contributed by atoms with Crippen molar-refractivity contribution in [3.63, 3.8) is 0 Å². The first-order valence-corrected chi connectivity index (χ1v) is 6.05. The lowest BCUT2D eigenvalue weighted by atomic mass is 10.1. The number of hydrogen-bond acceptors (Lipinski definition) is 3. The van der Waals surface area contributed by atoms with Gasteiger partial charge >= 0.3 is 0 Å². The minimum absolute atomic E-state index is 0.230. The molecule has 3 rings (SSSR count). The van der Waals surface area contributed by atoms with Crippen molar-refractivity contribution in [2.45, 2.75) is 6.42 Å². The summed E-state index contributed by atoms with van der Waals surface area (Å²) in [6, 6.07) is 11.3. The Bertz CT molecular complexity index is 719. The fourth-order valence-electron chi connectivity index (χ4n) is 2.16. The number of aromatic nitrogens is 2. The number of nitrogens with zero attached hydrogens (tertiary/aromatic N) is 2. The van der Waals surface area contributed by atoms with Gasteiger partial charge in [-0.2, -0.15) is 0 Å². The van der Waals surface area contributed by atoms with Crippen molar-refractivity contribution < 1.29 is 9.84 Å². The van der Waals surface area contributed by atoms with Gasteiger partial charge in [-0.05, 0) is 18.2 Å². The molecule has 1 N–H and O–H groups in total. The maximum atomic E-state index is 9.44. The maximum Gasteiger partial charge on any atom is 0.137 e. The summed E-state index contributed by atoms with van der Waals surface area (Å²) < 4.78 is 7.16. The van der Waals surface area contributed by atoms with Crippen molar-refractivity contribution in [1.29, 1.82) is 0 Å². The molecule has 96 valence electrons. The van der Waals surface area contributed by atoms with Crippen LogP contribution in [0.5, 0.6) is 11.5 Å². The fourth-order valence-corrected chi connectivity index (χ4v) is 2.16. The van der Waals surface area contributed by atoms with Crippen LogP contribution in [0.4, 0.5) is 0 Å². The topological polar surface area (TPSA) is 46.8 Å². The smallest absolute Gasteiger partial charge is 0.137 e. The molecule has 0 unspecified atom stereocenters. The van der Waals surface area contributed by atoms with Crippen molar-refractivity contribution in [3.8, 4) is 11.5 Å². The second-order valence-electron chi connectivity index (χ2n) is 4.37. The molecule has 0 aliphatic carbocycles. The summed E-state index contributed by atoms with van der Waals surface area (Å²) in [6.45, 7) is 0. The van der Waals surface area contributed by atoms with Gasteiger partial charge in [-0.1, -0.05) is 18.2 Å². The zero-order valence-electron chi connectivity index (χ0n) is 10.6. The van der Waals surface area contributed by atoms with E-state index in [1.807, 2.05) is 34.9 Å². The molecule has 19 heavy (non-hydrogen) atoms. The summed E-state index contributed by atoms with van der Waals surface area (Å²) in [5.74, 6) is 1.09. The molecular weight excluding hydrogens is 240 g/mol. The number of imidazole rings is 1. The van der Waals surface area contributed by atoms with E-state index in [9.17, 15) is 5.11 Å². The van der Waals surface area contributed by atoms with E-state index >= 15 is 0 Å². The van der Waals surface area contributed by atoms with Gasteiger partial charge in [0.15, 0.2) is 0 Å². The summed E-state index contributed by atoms with van der Waals surface area (Å²) in [7, 11) is 1.67. The Morgan fingerprint density at radius 2 is 2.00 bits per heavy atom. The lowest BCUT2D eigenvalue weighted by molar-refractivity contribution is 0.410. The predicted molar refractivity (Wildman–Crippen MR) is 72.7 cm³/mol. The lowest BCUT2D eigenvalue weighted by Crippen LogP contribution is -1.93.